The smallest absolute Gasteiger partial charge is 0.341 e. The van der Waals surface area contributed by atoms with Crippen LogP contribution in [0.2, 0.25) is 10.0 Å². The number of hydrogen-bond donors (Lipinski definition) is 1. The van der Waals surface area contributed by atoms with Gasteiger partial charge >= 0.3 is 5.97 Å². The highest BCUT2D eigenvalue weighted by Crippen LogP contribution is 2.32. The molecule has 2 rings (SSSR count). The molecule has 26 heavy (non-hydrogen) atoms. The Bertz CT molecular complexity index is 901. The Labute approximate surface area is 157 Å². The Hall–Kier alpha value is -2.84. The second-order valence-electron chi connectivity index (χ2n) is 4.90. The Morgan fingerprint density at radius 3 is 2.31 bits per heavy atom. The summed E-state index contributed by atoms with van der Waals surface area (Å²) >= 11 is 12.0. The van der Waals surface area contributed by atoms with Crippen molar-refractivity contribution >= 4 is 46.5 Å². The maximum Gasteiger partial charge on any atom is 0.341 e. The number of benzene rings is 2. The Kier molecular flexibility index (Phi) is 6.01. The molecule has 0 unspecified atom stereocenters. The van der Waals surface area contributed by atoms with Gasteiger partial charge in [0, 0.05) is 18.2 Å². The van der Waals surface area contributed by atoms with Gasteiger partial charge in [-0.15, -0.1) is 0 Å². The summed E-state index contributed by atoms with van der Waals surface area (Å²) in [4.78, 5) is 34.2. The van der Waals surface area contributed by atoms with E-state index in [1.807, 2.05) is 0 Å². The van der Waals surface area contributed by atoms with Gasteiger partial charge in [0.2, 0.25) is 0 Å². The minimum atomic E-state index is -0.653. The topological polar surface area (TPSA) is 108 Å². The zero-order valence-corrected chi connectivity index (χ0v) is 15.1. The Morgan fingerprint density at radius 1 is 1.08 bits per heavy atom. The summed E-state index contributed by atoms with van der Waals surface area (Å²) in [6.45, 7) is 0. The van der Waals surface area contributed by atoms with Crippen molar-refractivity contribution in [2.24, 2.45) is 0 Å². The molecule has 0 bridgehead atoms. The molecule has 1 amide bonds. The van der Waals surface area contributed by atoms with Gasteiger partial charge in [-0.25, -0.2) is 4.79 Å². The summed E-state index contributed by atoms with van der Waals surface area (Å²) in [5.41, 5.74) is 0.0278. The highest BCUT2D eigenvalue weighted by atomic mass is 35.5. The normalized spacial score (nSPS) is 10.2. The zero-order valence-electron chi connectivity index (χ0n) is 13.5. The molecule has 0 aliphatic carbocycles. The Morgan fingerprint density at radius 2 is 1.77 bits per heavy atom. The van der Waals surface area contributed by atoms with E-state index in [0.29, 0.717) is 0 Å². The number of methoxy groups -OCH3 is 2. The molecule has 10 heteroatoms. The average Bonchev–Trinajstić information content (AvgIpc) is 2.61. The summed E-state index contributed by atoms with van der Waals surface area (Å²) in [6.07, 6.45) is 0. The lowest BCUT2D eigenvalue weighted by Gasteiger charge is -2.13. The van der Waals surface area contributed by atoms with Crippen LogP contribution in [0.3, 0.4) is 0 Å². The monoisotopic (exact) mass is 398 g/mol. The molecule has 0 aliphatic rings. The van der Waals surface area contributed by atoms with E-state index in [1.54, 1.807) is 0 Å². The second-order valence-corrected chi connectivity index (χ2v) is 5.71. The maximum atomic E-state index is 12.4. The molecule has 1 N–H and O–H groups in total. The number of non-ortho nitro benzene ring substituents is 1. The van der Waals surface area contributed by atoms with Crippen LogP contribution in [0.4, 0.5) is 11.4 Å². The molecule has 0 radical (unpaired) electrons. The number of anilines is 1. The van der Waals surface area contributed by atoms with Crippen LogP contribution in [-0.4, -0.2) is 31.0 Å². The van der Waals surface area contributed by atoms with Gasteiger partial charge in [0.15, 0.2) is 0 Å². The van der Waals surface area contributed by atoms with Gasteiger partial charge in [-0.1, -0.05) is 23.2 Å². The van der Waals surface area contributed by atoms with Crippen LogP contribution < -0.4 is 10.1 Å². The first-order valence-corrected chi connectivity index (χ1v) is 7.75. The van der Waals surface area contributed by atoms with Gasteiger partial charge in [0.25, 0.3) is 11.6 Å². The van der Waals surface area contributed by atoms with E-state index in [0.717, 1.165) is 12.1 Å². The molecule has 0 saturated heterocycles. The number of nitro benzene ring substituents is 1. The third-order valence-electron chi connectivity index (χ3n) is 3.35. The van der Waals surface area contributed by atoms with Gasteiger partial charge in [0.1, 0.15) is 11.3 Å². The summed E-state index contributed by atoms with van der Waals surface area (Å²) in [5, 5.41) is 13.2. The molecular formula is C16H12Cl2N2O6. The van der Waals surface area contributed by atoms with E-state index in [4.69, 9.17) is 27.9 Å². The fraction of sp³-hybridized carbons (Fsp3) is 0.125. The van der Waals surface area contributed by atoms with Crippen LogP contribution in [0.5, 0.6) is 5.75 Å². The van der Waals surface area contributed by atoms with Crippen LogP contribution in [0, 0.1) is 10.1 Å². The number of halogens is 2. The van der Waals surface area contributed by atoms with Gasteiger partial charge in [-0.05, 0) is 12.1 Å². The predicted molar refractivity (Wildman–Crippen MR) is 95.4 cm³/mol. The molecule has 0 fully saturated rings. The maximum absolute atomic E-state index is 12.4. The molecule has 0 aliphatic heterocycles. The van der Waals surface area contributed by atoms with Crippen molar-refractivity contribution in [2.45, 2.75) is 0 Å². The summed E-state index contributed by atoms with van der Waals surface area (Å²) in [7, 11) is 2.55. The van der Waals surface area contributed by atoms with Crippen LogP contribution >= 0.6 is 23.2 Å². The van der Waals surface area contributed by atoms with Gasteiger partial charge in [-0.2, -0.15) is 0 Å². The highest BCUT2D eigenvalue weighted by Gasteiger charge is 2.19. The molecular weight excluding hydrogens is 387 g/mol. The van der Waals surface area contributed by atoms with Crippen LogP contribution in [0.15, 0.2) is 30.3 Å². The molecule has 0 heterocycles. The van der Waals surface area contributed by atoms with E-state index in [9.17, 15) is 19.7 Å². The lowest BCUT2D eigenvalue weighted by atomic mass is 10.1. The van der Waals surface area contributed by atoms with E-state index in [2.05, 4.69) is 10.1 Å². The van der Waals surface area contributed by atoms with Crippen molar-refractivity contribution in [3.63, 3.8) is 0 Å². The first kappa shape index (κ1) is 19.5. The standard InChI is InChI=1S/C16H12Cl2N2O6/c1-25-14-7-13(12(18)6-10(14)16(22)26-2)19-15(21)9-4-3-8(20(23)24)5-11(9)17/h3-7H,1-2H3,(H,19,21). The summed E-state index contributed by atoms with van der Waals surface area (Å²) in [6, 6.07) is 6.09. The molecule has 8 nitrogen and oxygen atoms in total. The molecule has 0 saturated carbocycles. The molecule has 0 aromatic heterocycles. The van der Waals surface area contributed by atoms with Crippen molar-refractivity contribution in [1.82, 2.24) is 0 Å². The number of nitrogens with one attached hydrogen (secondary N) is 1. The van der Waals surface area contributed by atoms with Gasteiger partial charge in [0.05, 0.1) is 40.4 Å². The van der Waals surface area contributed by atoms with Crippen molar-refractivity contribution in [3.8, 4) is 5.75 Å². The molecule has 0 spiro atoms. The number of rotatable bonds is 5. The minimum Gasteiger partial charge on any atom is -0.496 e. The lowest BCUT2D eigenvalue weighted by molar-refractivity contribution is -0.384. The van der Waals surface area contributed by atoms with Crippen molar-refractivity contribution in [2.75, 3.05) is 19.5 Å². The van der Waals surface area contributed by atoms with Crippen molar-refractivity contribution in [1.29, 1.82) is 0 Å². The van der Waals surface area contributed by atoms with E-state index in [1.165, 1.54) is 32.4 Å². The van der Waals surface area contributed by atoms with E-state index in [-0.39, 0.29) is 38.3 Å². The Balaban J connectivity index is 2.35. The van der Waals surface area contributed by atoms with Crippen LogP contribution in [0.25, 0.3) is 0 Å². The third kappa shape index (κ3) is 4.04. The highest BCUT2D eigenvalue weighted by molar-refractivity contribution is 6.36. The number of carbonyl (C=O) groups excluding carboxylic acids is 2. The summed E-state index contributed by atoms with van der Waals surface area (Å²) in [5.74, 6) is -1.15. The molecule has 2 aromatic rings. The number of nitrogens with zero attached hydrogens (tertiary/aromatic N) is 1. The van der Waals surface area contributed by atoms with E-state index >= 15 is 0 Å². The quantitative estimate of drug-likeness (QED) is 0.464. The predicted octanol–water partition coefficient (Wildman–Crippen LogP) is 3.95. The number of ether oxygens (including phenoxy) is 2. The number of hydrogen-bond acceptors (Lipinski definition) is 6. The minimum absolute atomic E-state index is 0.0179. The fourth-order valence-electron chi connectivity index (χ4n) is 2.08. The molecule has 136 valence electrons. The van der Waals surface area contributed by atoms with Gasteiger partial charge in [-0.3, -0.25) is 14.9 Å². The van der Waals surface area contributed by atoms with E-state index < -0.39 is 16.8 Å². The third-order valence-corrected chi connectivity index (χ3v) is 3.98. The zero-order chi connectivity index (χ0) is 19.4. The number of esters is 1. The average molecular weight is 399 g/mol. The fourth-order valence-corrected chi connectivity index (χ4v) is 2.55. The van der Waals surface area contributed by atoms with Crippen LogP contribution in [0.1, 0.15) is 20.7 Å². The number of amides is 1. The SMILES string of the molecule is COC(=O)c1cc(Cl)c(NC(=O)c2ccc([N+](=O)[O-])cc2Cl)cc1OC. The molecule has 0 atom stereocenters. The number of carbonyl (C=O) groups is 2. The van der Waals surface area contributed by atoms with Crippen molar-refractivity contribution in [3.05, 3.63) is 61.6 Å². The van der Waals surface area contributed by atoms with Crippen molar-refractivity contribution < 1.29 is 24.0 Å². The molecule has 2 aromatic carbocycles. The summed E-state index contributed by atoms with van der Waals surface area (Å²) < 4.78 is 9.74. The first-order chi connectivity index (χ1) is 12.3. The first-order valence-electron chi connectivity index (χ1n) is 6.99. The second kappa shape index (κ2) is 8.03. The van der Waals surface area contributed by atoms with Gasteiger partial charge < -0.3 is 14.8 Å². The lowest BCUT2D eigenvalue weighted by Crippen LogP contribution is -2.14. The number of nitro groups is 1. The van der Waals surface area contributed by atoms with Crippen LogP contribution in [-0.2, 0) is 4.74 Å². The largest absolute Gasteiger partial charge is 0.496 e.